The highest BCUT2D eigenvalue weighted by Gasteiger charge is 2.24. The Labute approximate surface area is 110 Å². The van der Waals surface area contributed by atoms with E-state index in [0.29, 0.717) is 0 Å². The summed E-state index contributed by atoms with van der Waals surface area (Å²) in [4.78, 5) is 4.65. The molecule has 17 heavy (non-hydrogen) atoms. The summed E-state index contributed by atoms with van der Waals surface area (Å²) >= 11 is 3.55. The molecule has 0 saturated carbocycles. The monoisotopic (exact) mass is 295 g/mol. The molecule has 4 heteroatoms. The van der Waals surface area contributed by atoms with E-state index >= 15 is 0 Å². The predicted octanol–water partition coefficient (Wildman–Crippen LogP) is 3.74. The van der Waals surface area contributed by atoms with E-state index in [-0.39, 0.29) is 5.41 Å². The van der Waals surface area contributed by atoms with E-state index < -0.39 is 0 Å². The van der Waals surface area contributed by atoms with Crippen LogP contribution in [0.3, 0.4) is 0 Å². The van der Waals surface area contributed by atoms with Crippen molar-refractivity contribution in [2.24, 2.45) is 0 Å². The number of nitrogens with zero attached hydrogens (tertiary/aromatic N) is 3. The molecule has 2 rings (SSSR count). The first-order valence-electron chi connectivity index (χ1n) is 6.03. The summed E-state index contributed by atoms with van der Waals surface area (Å²) in [5.74, 6) is 0.911. The van der Waals surface area contributed by atoms with Gasteiger partial charge < -0.3 is 0 Å². The Morgan fingerprint density at radius 2 is 2.00 bits per heavy atom. The highest BCUT2D eigenvalue weighted by atomic mass is 79.9. The van der Waals surface area contributed by atoms with Crippen LogP contribution in [0, 0.1) is 0 Å². The van der Waals surface area contributed by atoms with E-state index in [9.17, 15) is 0 Å². The van der Waals surface area contributed by atoms with Gasteiger partial charge in [-0.2, -0.15) is 0 Å². The smallest absolute Gasteiger partial charge is 0.157 e. The number of aryl methyl sites for hydroxylation is 1. The molecule has 0 radical (unpaired) electrons. The van der Waals surface area contributed by atoms with Crippen LogP contribution in [-0.4, -0.2) is 14.6 Å². The van der Waals surface area contributed by atoms with Gasteiger partial charge in [-0.1, -0.05) is 27.7 Å². The zero-order valence-electron chi connectivity index (χ0n) is 10.8. The van der Waals surface area contributed by atoms with Crippen LogP contribution in [0.2, 0.25) is 0 Å². The standard InChI is InChI=1S/C13H18BrN3/c1-5-9-7-10(14)17-11(8-9)15-12(16-17)13(3,4)6-2/h7-8H,5-6H2,1-4H3. The molecular formula is C13H18BrN3. The van der Waals surface area contributed by atoms with Crippen LogP contribution < -0.4 is 0 Å². The summed E-state index contributed by atoms with van der Waals surface area (Å²) in [6.07, 6.45) is 2.04. The number of halogens is 1. The van der Waals surface area contributed by atoms with Gasteiger partial charge in [0.05, 0.1) is 0 Å². The zero-order chi connectivity index (χ0) is 12.6. The Balaban J connectivity index is 2.61. The van der Waals surface area contributed by atoms with E-state index in [1.165, 1.54) is 5.56 Å². The van der Waals surface area contributed by atoms with Gasteiger partial charge in [0.2, 0.25) is 0 Å². The summed E-state index contributed by atoms with van der Waals surface area (Å²) in [6.45, 7) is 8.66. The molecule has 92 valence electrons. The van der Waals surface area contributed by atoms with Gasteiger partial charge in [-0.3, -0.25) is 0 Å². The minimum atomic E-state index is 0.0256. The third-order valence-electron chi connectivity index (χ3n) is 3.35. The molecular weight excluding hydrogens is 278 g/mol. The first-order valence-corrected chi connectivity index (χ1v) is 6.83. The molecule has 0 unspecified atom stereocenters. The Hall–Kier alpha value is -0.900. The molecule has 0 aliphatic carbocycles. The van der Waals surface area contributed by atoms with E-state index in [1.807, 2.05) is 4.52 Å². The van der Waals surface area contributed by atoms with Crippen LogP contribution in [0.15, 0.2) is 16.7 Å². The van der Waals surface area contributed by atoms with E-state index in [1.54, 1.807) is 0 Å². The van der Waals surface area contributed by atoms with Crippen molar-refractivity contribution < 1.29 is 0 Å². The van der Waals surface area contributed by atoms with Gasteiger partial charge in [-0.25, -0.2) is 9.50 Å². The molecule has 0 saturated heterocycles. The van der Waals surface area contributed by atoms with Crippen molar-refractivity contribution in [2.45, 2.75) is 46.0 Å². The maximum Gasteiger partial charge on any atom is 0.157 e. The molecule has 0 aliphatic heterocycles. The molecule has 2 aromatic rings. The van der Waals surface area contributed by atoms with Crippen LogP contribution in [0.4, 0.5) is 0 Å². The molecule has 0 atom stereocenters. The van der Waals surface area contributed by atoms with Crippen LogP contribution in [0.5, 0.6) is 0 Å². The lowest BCUT2D eigenvalue weighted by Crippen LogP contribution is -2.17. The van der Waals surface area contributed by atoms with Gasteiger partial charge in [0, 0.05) is 5.41 Å². The normalized spacial score (nSPS) is 12.3. The average molecular weight is 296 g/mol. The van der Waals surface area contributed by atoms with Crippen molar-refractivity contribution in [3.05, 3.63) is 28.1 Å². The van der Waals surface area contributed by atoms with Crippen LogP contribution in [0.25, 0.3) is 5.65 Å². The lowest BCUT2D eigenvalue weighted by Gasteiger charge is -2.17. The van der Waals surface area contributed by atoms with E-state index in [0.717, 1.165) is 28.9 Å². The van der Waals surface area contributed by atoms with Crippen molar-refractivity contribution in [1.82, 2.24) is 14.6 Å². The molecule has 0 fully saturated rings. The predicted molar refractivity (Wildman–Crippen MR) is 73.4 cm³/mol. The Kier molecular flexibility index (Phi) is 3.25. The fourth-order valence-corrected chi connectivity index (χ4v) is 2.20. The second-order valence-electron chi connectivity index (χ2n) is 4.98. The molecule has 3 nitrogen and oxygen atoms in total. The highest BCUT2D eigenvalue weighted by molar-refractivity contribution is 9.10. The average Bonchev–Trinajstić information content (AvgIpc) is 2.74. The zero-order valence-corrected chi connectivity index (χ0v) is 12.4. The minimum absolute atomic E-state index is 0.0256. The summed E-state index contributed by atoms with van der Waals surface area (Å²) < 4.78 is 2.84. The fraction of sp³-hybridized carbons (Fsp3) is 0.538. The van der Waals surface area contributed by atoms with Crippen molar-refractivity contribution in [1.29, 1.82) is 0 Å². The quantitative estimate of drug-likeness (QED) is 0.808. The molecule has 2 aromatic heterocycles. The Bertz CT molecular complexity index is 543. The third-order valence-corrected chi connectivity index (χ3v) is 3.92. The number of rotatable bonds is 3. The molecule has 0 amide bonds. The van der Waals surface area contributed by atoms with Crippen molar-refractivity contribution in [3.63, 3.8) is 0 Å². The number of fused-ring (bicyclic) bond motifs is 1. The first-order chi connectivity index (χ1) is 7.97. The number of aromatic nitrogens is 3. The van der Waals surface area contributed by atoms with Crippen LogP contribution in [0.1, 0.15) is 45.5 Å². The summed E-state index contributed by atoms with van der Waals surface area (Å²) in [5.41, 5.74) is 2.23. The van der Waals surface area contributed by atoms with Crippen molar-refractivity contribution >= 4 is 21.6 Å². The summed E-state index contributed by atoms with van der Waals surface area (Å²) in [5, 5.41) is 4.59. The third kappa shape index (κ3) is 2.23. The van der Waals surface area contributed by atoms with Crippen LogP contribution >= 0.6 is 15.9 Å². The van der Waals surface area contributed by atoms with Gasteiger partial charge in [-0.05, 0) is 46.5 Å². The van der Waals surface area contributed by atoms with Crippen LogP contribution in [-0.2, 0) is 11.8 Å². The lowest BCUT2D eigenvalue weighted by molar-refractivity contribution is 0.473. The lowest BCUT2D eigenvalue weighted by atomic mass is 9.90. The largest absolute Gasteiger partial charge is 0.211 e. The SMILES string of the molecule is CCc1cc(Br)n2nc(C(C)(C)CC)nc2c1. The highest BCUT2D eigenvalue weighted by Crippen LogP contribution is 2.25. The van der Waals surface area contributed by atoms with Gasteiger partial charge in [-0.15, -0.1) is 5.10 Å². The van der Waals surface area contributed by atoms with Gasteiger partial charge in [0.1, 0.15) is 4.60 Å². The molecule has 0 bridgehead atoms. The number of hydrogen-bond acceptors (Lipinski definition) is 2. The van der Waals surface area contributed by atoms with Gasteiger partial charge in [0.25, 0.3) is 0 Å². The molecule has 0 aromatic carbocycles. The molecule has 0 aliphatic rings. The van der Waals surface area contributed by atoms with Gasteiger partial charge >= 0.3 is 0 Å². The number of pyridine rings is 1. The summed E-state index contributed by atoms with van der Waals surface area (Å²) in [7, 11) is 0. The fourth-order valence-electron chi connectivity index (χ4n) is 1.65. The molecule has 0 spiro atoms. The van der Waals surface area contributed by atoms with Crippen molar-refractivity contribution in [2.75, 3.05) is 0 Å². The van der Waals surface area contributed by atoms with Crippen molar-refractivity contribution in [3.8, 4) is 0 Å². The summed E-state index contributed by atoms with van der Waals surface area (Å²) in [6, 6.07) is 4.21. The topological polar surface area (TPSA) is 30.2 Å². The Morgan fingerprint density at radius 1 is 1.29 bits per heavy atom. The van der Waals surface area contributed by atoms with E-state index in [2.05, 4.69) is 65.8 Å². The first kappa shape index (κ1) is 12.6. The number of hydrogen-bond donors (Lipinski definition) is 0. The van der Waals surface area contributed by atoms with Gasteiger partial charge in [0.15, 0.2) is 11.5 Å². The Morgan fingerprint density at radius 3 is 2.59 bits per heavy atom. The second-order valence-corrected chi connectivity index (χ2v) is 5.80. The molecule has 0 N–H and O–H groups in total. The second kappa shape index (κ2) is 4.41. The van der Waals surface area contributed by atoms with E-state index in [4.69, 9.17) is 0 Å². The maximum atomic E-state index is 4.65. The minimum Gasteiger partial charge on any atom is -0.211 e. The molecule has 2 heterocycles. The maximum absolute atomic E-state index is 4.65.